The van der Waals surface area contributed by atoms with Gasteiger partial charge in [-0.15, -0.1) is 11.8 Å². The van der Waals surface area contributed by atoms with Crippen LogP contribution in [0, 0.1) is 0 Å². The van der Waals surface area contributed by atoms with E-state index < -0.39 is 0 Å². The molecule has 0 spiro atoms. The van der Waals surface area contributed by atoms with Gasteiger partial charge in [0, 0.05) is 17.5 Å². The van der Waals surface area contributed by atoms with E-state index in [0.29, 0.717) is 17.5 Å². The number of para-hydroxylation sites is 1. The van der Waals surface area contributed by atoms with Crippen LogP contribution < -0.4 is 11.1 Å². The van der Waals surface area contributed by atoms with Crippen LogP contribution in [-0.2, 0) is 4.79 Å². The molecule has 15 heavy (non-hydrogen) atoms. The highest BCUT2D eigenvalue weighted by atomic mass is 32.2. The molecule has 3 nitrogen and oxygen atoms in total. The van der Waals surface area contributed by atoms with Crippen LogP contribution >= 0.6 is 11.8 Å². The summed E-state index contributed by atoms with van der Waals surface area (Å²) in [5, 5.41) is 3.15. The minimum Gasteiger partial charge on any atom is -0.329 e. The van der Waals surface area contributed by atoms with Gasteiger partial charge in [-0.1, -0.05) is 25.1 Å². The Morgan fingerprint density at radius 3 is 2.73 bits per heavy atom. The Labute approximate surface area is 94.4 Å². The number of amides is 1. The highest BCUT2D eigenvalue weighted by Gasteiger charge is 2.05. The highest BCUT2D eigenvalue weighted by molar-refractivity contribution is 8.00. The first-order valence-corrected chi connectivity index (χ1v) is 5.94. The fraction of sp³-hybridized carbons (Fsp3) is 0.364. The summed E-state index contributed by atoms with van der Waals surface area (Å²) >= 11 is 1.57. The predicted molar refractivity (Wildman–Crippen MR) is 66.0 cm³/mol. The van der Waals surface area contributed by atoms with Gasteiger partial charge in [0.2, 0.25) is 5.91 Å². The molecule has 1 amide bonds. The molecule has 1 rings (SSSR count). The molecule has 1 aromatic rings. The molecule has 0 aliphatic carbocycles. The van der Waals surface area contributed by atoms with Gasteiger partial charge in [0.1, 0.15) is 0 Å². The molecule has 4 heteroatoms. The molecule has 0 radical (unpaired) electrons. The third kappa shape index (κ3) is 4.85. The van der Waals surface area contributed by atoms with Crippen molar-refractivity contribution in [3.8, 4) is 0 Å². The minimum atomic E-state index is 0.0199. The first-order chi connectivity index (χ1) is 7.22. The van der Waals surface area contributed by atoms with Gasteiger partial charge in [0.25, 0.3) is 0 Å². The molecule has 0 saturated heterocycles. The van der Waals surface area contributed by atoms with Crippen LogP contribution in [0.25, 0.3) is 0 Å². The number of nitrogens with two attached hydrogens (primary N) is 1. The second-order valence-corrected chi connectivity index (χ2v) is 4.70. The van der Waals surface area contributed by atoms with Crippen LogP contribution in [0.1, 0.15) is 6.92 Å². The lowest BCUT2D eigenvalue weighted by atomic mass is 10.3. The Morgan fingerprint density at radius 1 is 1.47 bits per heavy atom. The molecular formula is C11H16N2OS. The summed E-state index contributed by atoms with van der Waals surface area (Å²) in [6.07, 6.45) is 0. The predicted octanol–water partition coefficient (Wildman–Crippen LogP) is 1.71. The lowest BCUT2D eigenvalue weighted by Crippen LogP contribution is -2.19. The van der Waals surface area contributed by atoms with Crippen molar-refractivity contribution in [3.05, 3.63) is 30.3 Å². The van der Waals surface area contributed by atoms with Crippen molar-refractivity contribution in [1.82, 2.24) is 0 Å². The molecule has 0 aromatic heterocycles. The van der Waals surface area contributed by atoms with Crippen LogP contribution in [0.15, 0.2) is 30.3 Å². The molecular weight excluding hydrogens is 208 g/mol. The molecule has 1 aromatic carbocycles. The lowest BCUT2D eigenvalue weighted by Gasteiger charge is -2.08. The Kier molecular flexibility index (Phi) is 5.21. The van der Waals surface area contributed by atoms with Crippen molar-refractivity contribution in [2.24, 2.45) is 5.73 Å². The largest absolute Gasteiger partial charge is 0.329 e. The normalized spacial score (nSPS) is 12.1. The third-order valence-electron chi connectivity index (χ3n) is 1.89. The summed E-state index contributed by atoms with van der Waals surface area (Å²) in [5.74, 6) is 0.472. The van der Waals surface area contributed by atoms with Crippen LogP contribution in [0.4, 0.5) is 5.69 Å². The van der Waals surface area contributed by atoms with E-state index in [0.717, 1.165) is 5.69 Å². The summed E-state index contributed by atoms with van der Waals surface area (Å²) in [6.45, 7) is 2.61. The summed E-state index contributed by atoms with van der Waals surface area (Å²) in [6, 6.07) is 9.45. The van der Waals surface area contributed by atoms with E-state index in [1.54, 1.807) is 11.8 Å². The van der Waals surface area contributed by atoms with Crippen molar-refractivity contribution >= 4 is 23.4 Å². The molecule has 0 bridgehead atoms. The maximum atomic E-state index is 11.5. The topological polar surface area (TPSA) is 55.1 Å². The number of carbonyl (C=O) groups excluding carboxylic acids is 1. The molecule has 0 fully saturated rings. The van der Waals surface area contributed by atoms with Gasteiger partial charge in [-0.05, 0) is 12.1 Å². The second-order valence-electron chi connectivity index (χ2n) is 3.27. The highest BCUT2D eigenvalue weighted by Crippen LogP contribution is 2.10. The van der Waals surface area contributed by atoms with Crippen LogP contribution in [0.3, 0.4) is 0 Å². The van der Waals surface area contributed by atoms with Crippen molar-refractivity contribution in [1.29, 1.82) is 0 Å². The van der Waals surface area contributed by atoms with E-state index in [2.05, 4.69) is 5.32 Å². The molecule has 82 valence electrons. The molecule has 1 unspecified atom stereocenters. The van der Waals surface area contributed by atoms with Gasteiger partial charge < -0.3 is 11.1 Å². The maximum absolute atomic E-state index is 11.5. The lowest BCUT2D eigenvalue weighted by molar-refractivity contribution is -0.113. The Morgan fingerprint density at radius 2 is 2.13 bits per heavy atom. The van der Waals surface area contributed by atoms with E-state index in [4.69, 9.17) is 5.73 Å². The van der Waals surface area contributed by atoms with E-state index in [1.165, 1.54) is 0 Å². The molecule has 0 aliphatic rings. The number of anilines is 1. The minimum absolute atomic E-state index is 0.0199. The monoisotopic (exact) mass is 224 g/mol. The van der Waals surface area contributed by atoms with Crippen LogP contribution in [0.2, 0.25) is 0 Å². The number of rotatable bonds is 5. The van der Waals surface area contributed by atoms with Gasteiger partial charge in [-0.25, -0.2) is 0 Å². The van der Waals surface area contributed by atoms with Crippen LogP contribution in [0.5, 0.6) is 0 Å². The van der Waals surface area contributed by atoms with Gasteiger partial charge in [0.05, 0.1) is 5.75 Å². The van der Waals surface area contributed by atoms with Crippen molar-refractivity contribution in [2.75, 3.05) is 17.6 Å². The van der Waals surface area contributed by atoms with E-state index >= 15 is 0 Å². The zero-order chi connectivity index (χ0) is 11.1. The zero-order valence-electron chi connectivity index (χ0n) is 8.77. The average Bonchev–Trinajstić information content (AvgIpc) is 2.27. The van der Waals surface area contributed by atoms with Gasteiger partial charge in [0.15, 0.2) is 0 Å². The van der Waals surface area contributed by atoms with E-state index in [9.17, 15) is 4.79 Å². The zero-order valence-corrected chi connectivity index (χ0v) is 9.59. The summed E-state index contributed by atoms with van der Waals surface area (Å²) in [4.78, 5) is 11.5. The van der Waals surface area contributed by atoms with Crippen molar-refractivity contribution in [2.45, 2.75) is 12.2 Å². The quantitative estimate of drug-likeness (QED) is 0.800. The molecule has 0 saturated carbocycles. The van der Waals surface area contributed by atoms with E-state index in [-0.39, 0.29) is 5.91 Å². The van der Waals surface area contributed by atoms with Crippen LogP contribution in [-0.4, -0.2) is 23.5 Å². The molecule has 0 heterocycles. The average molecular weight is 224 g/mol. The van der Waals surface area contributed by atoms with Crippen molar-refractivity contribution in [3.63, 3.8) is 0 Å². The fourth-order valence-electron chi connectivity index (χ4n) is 1.00. The smallest absolute Gasteiger partial charge is 0.234 e. The third-order valence-corrected chi connectivity index (χ3v) is 3.08. The summed E-state index contributed by atoms with van der Waals surface area (Å²) in [5.41, 5.74) is 6.29. The first kappa shape index (κ1) is 12.1. The Hall–Kier alpha value is -1.00. The van der Waals surface area contributed by atoms with Gasteiger partial charge in [-0.2, -0.15) is 0 Å². The standard InChI is InChI=1S/C11H16N2OS/c1-9(7-12)15-8-11(14)13-10-5-3-2-4-6-10/h2-6,9H,7-8,12H2,1H3,(H,13,14). The van der Waals surface area contributed by atoms with Crippen molar-refractivity contribution < 1.29 is 4.79 Å². The van der Waals surface area contributed by atoms with Gasteiger partial charge in [-0.3, -0.25) is 4.79 Å². The number of carbonyl (C=O) groups is 1. The second kappa shape index (κ2) is 6.48. The summed E-state index contributed by atoms with van der Waals surface area (Å²) < 4.78 is 0. The first-order valence-electron chi connectivity index (χ1n) is 4.89. The number of hydrogen-bond donors (Lipinski definition) is 2. The Bertz CT molecular complexity index is 303. The Balaban J connectivity index is 2.31. The maximum Gasteiger partial charge on any atom is 0.234 e. The number of hydrogen-bond acceptors (Lipinski definition) is 3. The molecule has 1 atom stereocenters. The van der Waals surface area contributed by atoms with Gasteiger partial charge >= 0.3 is 0 Å². The SMILES string of the molecule is CC(CN)SCC(=O)Nc1ccccc1. The number of thioether (sulfide) groups is 1. The number of nitrogens with one attached hydrogen (secondary N) is 1. The number of benzene rings is 1. The molecule has 0 aliphatic heterocycles. The molecule has 3 N–H and O–H groups in total. The summed E-state index contributed by atoms with van der Waals surface area (Å²) in [7, 11) is 0. The fourth-order valence-corrected chi connectivity index (χ4v) is 1.65. The van der Waals surface area contributed by atoms with E-state index in [1.807, 2.05) is 37.3 Å².